The highest BCUT2D eigenvalue weighted by molar-refractivity contribution is 6.03. The largest absolute Gasteiger partial charge is 0.325 e. The topological polar surface area (TPSA) is 98.5 Å². The Morgan fingerprint density at radius 3 is 2.48 bits per heavy atom. The maximum Gasteiger partial charge on any atom is 0.224 e. The first-order chi connectivity index (χ1) is 16.1. The van der Waals surface area contributed by atoms with Crippen molar-refractivity contribution >= 4 is 22.5 Å². The van der Waals surface area contributed by atoms with Gasteiger partial charge in [0.15, 0.2) is 5.82 Å². The quantitative estimate of drug-likeness (QED) is 0.436. The minimum Gasteiger partial charge on any atom is -0.325 e. The molecule has 0 saturated heterocycles. The summed E-state index contributed by atoms with van der Waals surface area (Å²) in [5.74, 6) is 0.411. The number of aromatic nitrogens is 6. The molecular formula is C25H21N7O. The summed E-state index contributed by atoms with van der Waals surface area (Å²) in [5, 5.41) is 8.47. The molecule has 3 heterocycles. The number of nitrogens with one attached hydrogen (secondary N) is 1. The summed E-state index contributed by atoms with van der Waals surface area (Å²) >= 11 is 0. The van der Waals surface area contributed by atoms with Crippen molar-refractivity contribution in [1.82, 2.24) is 29.7 Å². The van der Waals surface area contributed by atoms with Crippen LogP contribution in [0.1, 0.15) is 13.3 Å². The van der Waals surface area contributed by atoms with Crippen LogP contribution < -0.4 is 5.32 Å². The number of amides is 1. The number of benzene rings is 2. The molecule has 0 aliphatic carbocycles. The van der Waals surface area contributed by atoms with Gasteiger partial charge in [0.1, 0.15) is 12.0 Å². The highest BCUT2D eigenvalue weighted by Crippen LogP contribution is 2.37. The molecular weight excluding hydrogens is 414 g/mol. The number of fused-ring (bicyclic) bond motifs is 1. The molecule has 0 aliphatic heterocycles. The van der Waals surface area contributed by atoms with Crippen molar-refractivity contribution in [2.24, 2.45) is 7.05 Å². The lowest BCUT2D eigenvalue weighted by atomic mass is 10.0. The van der Waals surface area contributed by atoms with E-state index in [1.54, 1.807) is 29.5 Å². The molecule has 1 N–H and O–H groups in total. The normalized spacial score (nSPS) is 11.0. The van der Waals surface area contributed by atoms with Crippen LogP contribution >= 0.6 is 0 Å². The van der Waals surface area contributed by atoms with E-state index in [9.17, 15) is 4.79 Å². The van der Waals surface area contributed by atoms with Crippen LogP contribution in [0.5, 0.6) is 0 Å². The zero-order chi connectivity index (χ0) is 22.8. The fourth-order valence-electron chi connectivity index (χ4n) is 3.75. The van der Waals surface area contributed by atoms with Gasteiger partial charge in [0.25, 0.3) is 0 Å². The van der Waals surface area contributed by atoms with Crippen LogP contribution in [0, 0.1) is 0 Å². The van der Waals surface area contributed by atoms with Crippen molar-refractivity contribution < 1.29 is 4.79 Å². The summed E-state index contributed by atoms with van der Waals surface area (Å²) in [5.41, 5.74) is 5.47. The van der Waals surface area contributed by atoms with Gasteiger partial charge in [0.05, 0.1) is 16.9 Å². The molecule has 33 heavy (non-hydrogen) atoms. The molecule has 3 aromatic heterocycles. The van der Waals surface area contributed by atoms with Gasteiger partial charge in [-0.3, -0.25) is 9.48 Å². The third-order valence-corrected chi connectivity index (χ3v) is 5.31. The van der Waals surface area contributed by atoms with E-state index in [1.807, 2.05) is 62.6 Å². The lowest BCUT2D eigenvalue weighted by Gasteiger charge is -2.13. The molecule has 5 rings (SSSR count). The Hall–Kier alpha value is -4.46. The van der Waals surface area contributed by atoms with Gasteiger partial charge in [-0.1, -0.05) is 37.3 Å². The van der Waals surface area contributed by atoms with Crippen molar-refractivity contribution in [1.29, 1.82) is 0 Å². The van der Waals surface area contributed by atoms with E-state index in [0.29, 0.717) is 23.5 Å². The molecule has 0 spiro atoms. The Labute approximate surface area is 190 Å². The number of anilines is 1. The van der Waals surface area contributed by atoms with E-state index in [4.69, 9.17) is 0 Å². The summed E-state index contributed by atoms with van der Waals surface area (Å²) in [4.78, 5) is 30.1. The fourth-order valence-corrected chi connectivity index (χ4v) is 3.75. The summed E-state index contributed by atoms with van der Waals surface area (Å²) in [6, 6.07) is 15.5. The standard InChI is InChI=1S/C25H21N7O/c1-3-22(33)30-21-12-17-20(13-18(21)25-26-10-7-11-27-25)28-15-29-24(17)19-14-32(2)31-23(19)16-8-5-4-6-9-16/h4-15H,3H2,1-2H3,(H,30,33). The number of aryl methyl sites for hydroxylation is 1. The van der Waals surface area contributed by atoms with Crippen molar-refractivity contribution in [3.63, 3.8) is 0 Å². The lowest BCUT2D eigenvalue weighted by Crippen LogP contribution is -2.11. The van der Waals surface area contributed by atoms with Gasteiger partial charge < -0.3 is 5.32 Å². The van der Waals surface area contributed by atoms with Crippen molar-refractivity contribution in [2.75, 3.05) is 5.32 Å². The zero-order valence-electron chi connectivity index (χ0n) is 18.2. The van der Waals surface area contributed by atoms with E-state index in [0.717, 1.165) is 33.4 Å². The Kier molecular flexibility index (Phi) is 5.32. The molecule has 5 aromatic rings. The van der Waals surface area contributed by atoms with Gasteiger partial charge in [-0.25, -0.2) is 19.9 Å². The minimum atomic E-state index is -0.101. The highest BCUT2D eigenvalue weighted by atomic mass is 16.1. The first-order valence-corrected chi connectivity index (χ1v) is 10.6. The number of nitrogens with zero attached hydrogens (tertiary/aromatic N) is 6. The van der Waals surface area contributed by atoms with E-state index < -0.39 is 0 Å². The smallest absolute Gasteiger partial charge is 0.224 e. The van der Waals surface area contributed by atoms with Crippen LogP contribution in [0.4, 0.5) is 5.69 Å². The molecule has 8 nitrogen and oxygen atoms in total. The SMILES string of the molecule is CCC(=O)Nc1cc2c(-c3cn(C)nc3-c3ccccc3)ncnc2cc1-c1ncccn1. The summed E-state index contributed by atoms with van der Waals surface area (Å²) < 4.78 is 1.78. The second kappa shape index (κ2) is 8.58. The summed E-state index contributed by atoms with van der Waals surface area (Å²) in [6.07, 6.45) is 7.18. The number of carbonyl (C=O) groups excluding carboxylic acids is 1. The molecule has 0 radical (unpaired) electrons. The molecule has 1 amide bonds. The number of hydrogen-bond donors (Lipinski definition) is 1. The summed E-state index contributed by atoms with van der Waals surface area (Å²) in [7, 11) is 1.89. The van der Waals surface area contributed by atoms with Crippen LogP contribution in [0.15, 0.2) is 73.4 Å². The minimum absolute atomic E-state index is 0.101. The van der Waals surface area contributed by atoms with Gasteiger partial charge in [-0.2, -0.15) is 5.10 Å². The van der Waals surface area contributed by atoms with Crippen molar-refractivity contribution in [3.05, 3.63) is 73.4 Å². The van der Waals surface area contributed by atoms with Crippen LogP contribution in [-0.4, -0.2) is 35.6 Å². The molecule has 0 atom stereocenters. The van der Waals surface area contributed by atoms with E-state index in [2.05, 4.69) is 30.4 Å². The van der Waals surface area contributed by atoms with Gasteiger partial charge in [0.2, 0.25) is 5.91 Å². The van der Waals surface area contributed by atoms with E-state index in [-0.39, 0.29) is 5.91 Å². The molecule has 0 saturated carbocycles. The number of rotatable bonds is 5. The van der Waals surface area contributed by atoms with Crippen LogP contribution in [0.2, 0.25) is 0 Å². The predicted molar refractivity (Wildman–Crippen MR) is 127 cm³/mol. The van der Waals surface area contributed by atoms with Gasteiger partial charge in [-0.05, 0) is 18.2 Å². The molecule has 2 aromatic carbocycles. The maximum absolute atomic E-state index is 12.3. The first kappa shape index (κ1) is 20.4. The Bertz CT molecular complexity index is 1450. The Morgan fingerprint density at radius 2 is 1.73 bits per heavy atom. The van der Waals surface area contributed by atoms with E-state index >= 15 is 0 Å². The fraction of sp³-hybridized carbons (Fsp3) is 0.120. The summed E-state index contributed by atoms with van der Waals surface area (Å²) in [6.45, 7) is 1.81. The van der Waals surface area contributed by atoms with Crippen LogP contribution in [0.25, 0.3) is 44.8 Å². The Morgan fingerprint density at radius 1 is 0.939 bits per heavy atom. The molecule has 0 fully saturated rings. The number of hydrogen-bond acceptors (Lipinski definition) is 6. The third-order valence-electron chi connectivity index (χ3n) is 5.31. The van der Waals surface area contributed by atoms with E-state index in [1.165, 1.54) is 0 Å². The highest BCUT2D eigenvalue weighted by Gasteiger charge is 2.19. The zero-order valence-corrected chi connectivity index (χ0v) is 18.2. The van der Waals surface area contributed by atoms with Gasteiger partial charge >= 0.3 is 0 Å². The molecule has 0 bridgehead atoms. The predicted octanol–water partition coefficient (Wildman–Crippen LogP) is 4.50. The molecule has 0 unspecified atom stereocenters. The van der Waals surface area contributed by atoms with Crippen LogP contribution in [-0.2, 0) is 11.8 Å². The average molecular weight is 435 g/mol. The molecule has 8 heteroatoms. The van der Waals surface area contributed by atoms with Gasteiger partial charge in [-0.15, -0.1) is 0 Å². The third kappa shape index (κ3) is 3.94. The Balaban J connectivity index is 1.75. The lowest BCUT2D eigenvalue weighted by molar-refractivity contribution is -0.115. The van der Waals surface area contributed by atoms with Gasteiger partial charge in [0, 0.05) is 54.1 Å². The molecule has 162 valence electrons. The number of carbonyl (C=O) groups is 1. The van der Waals surface area contributed by atoms with Crippen molar-refractivity contribution in [2.45, 2.75) is 13.3 Å². The maximum atomic E-state index is 12.3. The second-order valence-electron chi connectivity index (χ2n) is 7.54. The molecule has 0 aliphatic rings. The average Bonchev–Trinajstić information content (AvgIpc) is 3.25. The van der Waals surface area contributed by atoms with Crippen molar-refractivity contribution in [3.8, 4) is 33.9 Å². The first-order valence-electron chi connectivity index (χ1n) is 10.6. The monoisotopic (exact) mass is 435 g/mol. The van der Waals surface area contributed by atoms with Crippen LogP contribution in [0.3, 0.4) is 0 Å². The second-order valence-corrected chi connectivity index (χ2v) is 7.54.